The molecule has 2 atom stereocenters. The smallest absolute Gasteiger partial charge is 0.236 e. The second kappa shape index (κ2) is 7.22. The maximum absolute atomic E-state index is 11.6. The Hall–Kier alpha value is -1.10. The van der Waals surface area contributed by atoms with Crippen molar-refractivity contribution in [3.63, 3.8) is 0 Å². The molecule has 5 nitrogen and oxygen atoms in total. The molecule has 0 fully saturated rings. The molecule has 2 unspecified atom stereocenters. The lowest BCUT2D eigenvalue weighted by molar-refractivity contribution is -0.124. The molecule has 0 bridgehead atoms. The summed E-state index contributed by atoms with van der Waals surface area (Å²) in [6.07, 6.45) is 0.891. The molecule has 0 radical (unpaired) electrons. The summed E-state index contributed by atoms with van der Waals surface area (Å²) in [4.78, 5) is 22.7. The van der Waals surface area contributed by atoms with Crippen molar-refractivity contribution in [2.45, 2.75) is 46.2 Å². The summed E-state index contributed by atoms with van der Waals surface area (Å²) < 4.78 is 0. The minimum Gasteiger partial charge on any atom is -0.368 e. The maximum atomic E-state index is 11.6. The van der Waals surface area contributed by atoms with Crippen LogP contribution in [0.25, 0.3) is 0 Å². The highest BCUT2D eigenvalue weighted by Crippen LogP contribution is 2.02. The lowest BCUT2D eigenvalue weighted by atomic mass is 10.0. The second-order valence-electron chi connectivity index (χ2n) is 4.30. The van der Waals surface area contributed by atoms with Gasteiger partial charge in [-0.25, -0.2) is 0 Å². The van der Waals surface area contributed by atoms with Crippen LogP contribution in [0.4, 0.5) is 0 Å². The van der Waals surface area contributed by atoms with Crippen LogP contribution >= 0.6 is 0 Å². The molecule has 0 aromatic rings. The van der Waals surface area contributed by atoms with Crippen LogP contribution in [0.5, 0.6) is 0 Å². The van der Waals surface area contributed by atoms with Crippen LogP contribution in [0.2, 0.25) is 0 Å². The molecule has 0 rings (SSSR count). The lowest BCUT2D eigenvalue weighted by Gasteiger charge is -2.23. The van der Waals surface area contributed by atoms with Gasteiger partial charge in [0.25, 0.3) is 0 Å². The first-order valence-corrected chi connectivity index (χ1v) is 5.73. The highest BCUT2D eigenvalue weighted by atomic mass is 16.2. The van der Waals surface area contributed by atoms with Crippen molar-refractivity contribution in [2.24, 2.45) is 11.7 Å². The average Bonchev–Trinajstić information content (AvgIpc) is 2.20. The molecule has 0 aliphatic rings. The molecule has 0 aromatic carbocycles. The van der Waals surface area contributed by atoms with Gasteiger partial charge in [0, 0.05) is 6.54 Å². The zero-order chi connectivity index (χ0) is 12.7. The Morgan fingerprint density at radius 2 is 1.81 bits per heavy atom. The van der Waals surface area contributed by atoms with E-state index in [1.54, 1.807) is 6.92 Å². The summed E-state index contributed by atoms with van der Waals surface area (Å²) in [6.45, 7) is 8.13. The molecule has 5 heteroatoms. The van der Waals surface area contributed by atoms with Gasteiger partial charge in [0.1, 0.15) is 0 Å². The van der Waals surface area contributed by atoms with E-state index in [2.05, 4.69) is 10.6 Å². The van der Waals surface area contributed by atoms with E-state index in [0.29, 0.717) is 6.54 Å². The van der Waals surface area contributed by atoms with Crippen molar-refractivity contribution in [3.05, 3.63) is 0 Å². The number of hydrogen-bond donors (Lipinski definition) is 3. The Kier molecular flexibility index (Phi) is 6.72. The predicted molar refractivity (Wildman–Crippen MR) is 63.7 cm³/mol. The Morgan fingerprint density at radius 3 is 2.19 bits per heavy atom. The third kappa shape index (κ3) is 5.11. The highest BCUT2D eigenvalue weighted by Gasteiger charge is 2.23. The summed E-state index contributed by atoms with van der Waals surface area (Å²) in [5.74, 6) is -0.460. The van der Waals surface area contributed by atoms with E-state index in [4.69, 9.17) is 5.73 Å². The number of primary amides is 1. The molecule has 94 valence electrons. The number of carbonyl (C=O) groups is 2. The van der Waals surface area contributed by atoms with E-state index < -0.39 is 18.0 Å². The number of nitrogens with one attached hydrogen (secondary N) is 2. The fraction of sp³-hybridized carbons (Fsp3) is 0.818. The lowest BCUT2D eigenvalue weighted by Crippen LogP contribution is -2.53. The molecule has 0 saturated heterocycles. The van der Waals surface area contributed by atoms with Crippen LogP contribution in [0.3, 0.4) is 0 Å². The van der Waals surface area contributed by atoms with Gasteiger partial charge < -0.3 is 11.1 Å². The van der Waals surface area contributed by atoms with Gasteiger partial charge in [-0.05, 0) is 19.3 Å². The zero-order valence-electron chi connectivity index (χ0n) is 10.5. The molecular formula is C11H23N3O2. The number of hydrogen-bond acceptors (Lipinski definition) is 3. The van der Waals surface area contributed by atoms with Gasteiger partial charge in [-0.3, -0.25) is 14.9 Å². The van der Waals surface area contributed by atoms with E-state index in [9.17, 15) is 9.59 Å². The fourth-order valence-corrected chi connectivity index (χ4v) is 1.35. The first-order valence-electron chi connectivity index (χ1n) is 5.73. The van der Waals surface area contributed by atoms with Crippen molar-refractivity contribution in [1.29, 1.82) is 0 Å². The summed E-state index contributed by atoms with van der Waals surface area (Å²) >= 11 is 0. The molecule has 0 heterocycles. The van der Waals surface area contributed by atoms with Gasteiger partial charge in [-0.15, -0.1) is 0 Å². The average molecular weight is 229 g/mol. The predicted octanol–water partition coefficient (Wildman–Crippen LogP) is 0.000600. The summed E-state index contributed by atoms with van der Waals surface area (Å²) in [5, 5.41) is 5.70. The Bertz CT molecular complexity index is 241. The second-order valence-corrected chi connectivity index (χ2v) is 4.30. The minimum absolute atomic E-state index is 0.0684. The molecular weight excluding hydrogens is 206 g/mol. The molecule has 0 spiro atoms. The topological polar surface area (TPSA) is 84.2 Å². The van der Waals surface area contributed by atoms with Crippen molar-refractivity contribution in [3.8, 4) is 0 Å². The van der Waals surface area contributed by atoms with Gasteiger partial charge in [-0.1, -0.05) is 20.8 Å². The first kappa shape index (κ1) is 14.9. The molecule has 0 aromatic heterocycles. The van der Waals surface area contributed by atoms with E-state index in [1.807, 2.05) is 20.8 Å². The largest absolute Gasteiger partial charge is 0.368 e. The minimum atomic E-state index is -0.470. The molecule has 0 aliphatic carbocycles. The van der Waals surface area contributed by atoms with Crippen LogP contribution in [0, 0.1) is 5.92 Å². The number of amides is 2. The molecule has 16 heavy (non-hydrogen) atoms. The van der Waals surface area contributed by atoms with Gasteiger partial charge in [0.05, 0.1) is 12.1 Å². The van der Waals surface area contributed by atoms with Crippen LogP contribution in [0.15, 0.2) is 0 Å². The van der Waals surface area contributed by atoms with Gasteiger partial charge in [0.2, 0.25) is 11.8 Å². The monoisotopic (exact) mass is 229 g/mol. The van der Waals surface area contributed by atoms with Crippen LogP contribution in [0.1, 0.15) is 34.1 Å². The third-order valence-corrected chi connectivity index (χ3v) is 2.35. The summed E-state index contributed by atoms with van der Waals surface area (Å²) in [6, 6.07) is -0.881. The van der Waals surface area contributed by atoms with Crippen molar-refractivity contribution >= 4 is 11.8 Å². The quantitative estimate of drug-likeness (QED) is 0.574. The van der Waals surface area contributed by atoms with E-state index >= 15 is 0 Å². The fourth-order valence-electron chi connectivity index (χ4n) is 1.35. The van der Waals surface area contributed by atoms with Crippen molar-refractivity contribution in [1.82, 2.24) is 10.6 Å². The zero-order valence-corrected chi connectivity index (χ0v) is 10.5. The van der Waals surface area contributed by atoms with E-state index in [1.165, 1.54) is 0 Å². The first-order chi connectivity index (χ1) is 7.40. The Labute approximate surface area is 97.2 Å². The van der Waals surface area contributed by atoms with Crippen LogP contribution in [-0.4, -0.2) is 30.4 Å². The number of carbonyl (C=O) groups excluding carboxylic acids is 2. The Morgan fingerprint density at radius 1 is 1.25 bits per heavy atom. The Balaban J connectivity index is 4.23. The molecule has 0 saturated carbocycles. The summed E-state index contributed by atoms with van der Waals surface area (Å²) in [7, 11) is 0. The van der Waals surface area contributed by atoms with Crippen LogP contribution in [-0.2, 0) is 9.59 Å². The van der Waals surface area contributed by atoms with Crippen molar-refractivity contribution in [2.75, 3.05) is 6.54 Å². The molecule has 0 aliphatic heterocycles. The molecule has 4 N–H and O–H groups in total. The van der Waals surface area contributed by atoms with Gasteiger partial charge in [0.15, 0.2) is 0 Å². The van der Waals surface area contributed by atoms with E-state index in [-0.39, 0.29) is 11.8 Å². The standard InChI is InChI=1S/C11H23N3O2/c1-5-6-13-11(16)8(4)14-9(7(2)3)10(12)15/h7-9,14H,5-6H2,1-4H3,(H2,12,15)(H,13,16). The van der Waals surface area contributed by atoms with Crippen molar-refractivity contribution < 1.29 is 9.59 Å². The van der Waals surface area contributed by atoms with Crippen LogP contribution < -0.4 is 16.4 Å². The third-order valence-electron chi connectivity index (χ3n) is 2.35. The van der Waals surface area contributed by atoms with Gasteiger partial charge in [-0.2, -0.15) is 0 Å². The van der Waals surface area contributed by atoms with E-state index in [0.717, 1.165) is 6.42 Å². The molecule has 2 amide bonds. The highest BCUT2D eigenvalue weighted by molar-refractivity contribution is 5.84. The SMILES string of the molecule is CCCNC(=O)C(C)NC(C(N)=O)C(C)C. The van der Waals surface area contributed by atoms with Gasteiger partial charge >= 0.3 is 0 Å². The number of nitrogens with two attached hydrogens (primary N) is 1. The normalized spacial score (nSPS) is 14.6. The maximum Gasteiger partial charge on any atom is 0.236 e. The number of rotatable bonds is 7. The summed E-state index contributed by atoms with van der Waals surface area (Å²) in [5.41, 5.74) is 5.25.